The number of halogens is 1. The molecule has 2 fully saturated rings. The Balaban J connectivity index is 1.73. The van der Waals surface area contributed by atoms with Gasteiger partial charge in [-0.3, -0.25) is 28.5 Å². The lowest BCUT2D eigenvalue weighted by Gasteiger charge is -2.26. The zero-order chi connectivity index (χ0) is 29.4. The zero-order valence-corrected chi connectivity index (χ0v) is 23.9. The van der Waals surface area contributed by atoms with Gasteiger partial charge < -0.3 is 15.5 Å². The summed E-state index contributed by atoms with van der Waals surface area (Å²) in [4.78, 5) is 58.4. The molecule has 4 rings (SSSR count). The number of sulfonamides is 1. The monoisotopic (exact) mass is 590 g/mol. The van der Waals surface area contributed by atoms with Crippen molar-refractivity contribution in [1.82, 2.24) is 24.5 Å². The molecule has 1 heterocycles. The third-order valence-corrected chi connectivity index (χ3v) is 9.24. The molecule has 1 unspecified atom stereocenters. The predicted octanol–water partition coefficient (Wildman–Crippen LogP) is 0.964. The number of nitrogens with one attached hydrogen (secondary N) is 3. The van der Waals surface area contributed by atoms with Crippen LogP contribution in [0.15, 0.2) is 47.8 Å². The third-order valence-electron chi connectivity index (χ3n) is 7.07. The van der Waals surface area contributed by atoms with Gasteiger partial charge in [-0.25, -0.2) is 13.4 Å². The van der Waals surface area contributed by atoms with Crippen LogP contribution in [0.2, 0.25) is 5.15 Å². The molecule has 3 atom stereocenters. The second-order valence-corrected chi connectivity index (χ2v) is 12.5. The molecule has 3 amide bonds. The molecule has 40 heavy (non-hydrogen) atoms. The minimum atomic E-state index is -3.87. The van der Waals surface area contributed by atoms with E-state index in [4.69, 9.17) is 11.6 Å². The average Bonchev–Trinajstić information content (AvgIpc) is 3.83. The lowest BCUT2D eigenvalue weighted by molar-refractivity contribution is -0.130. The lowest BCUT2D eigenvalue weighted by Crippen LogP contribution is -2.54. The summed E-state index contributed by atoms with van der Waals surface area (Å²) < 4.78 is 28.2. The van der Waals surface area contributed by atoms with E-state index in [2.05, 4.69) is 26.9 Å². The molecule has 1 aromatic carbocycles. The number of hydrogen-bond donors (Lipinski definition) is 3. The Morgan fingerprint density at radius 1 is 1.25 bits per heavy atom. The van der Waals surface area contributed by atoms with Crippen molar-refractivity contribution >= 4 is 45.2 Å². The van der Waals surface area contributed by atoms with Gasteiger partial charge in [0.1, 0.15) is 11.6 Å². The van der Waals surface area contributed by atoms with Crippen LogP contribution in [0.1, 0.15) is 36.6 Å². The second kappa shape index (κ2) is 11.0. The molecule has 0 bridgehead atoms. The van der Waals surface area contributed by atoms with Crippen molar-refractivity contribution in [2.75, 3.05) is 26.0 Å². The van der Waals surface area contributed by atoms with Crippen LogP contribution in [0.3, 0.4) is 0 Å². The number of anilines is 1. The summed E-state index contributed by atoms with van der Waals surface area (Å²) in [7, 11) is -0.752. The summed E-state index contributed by atoms with van der Waals surface area (Å²) >= 11 is 6.37. The van der Waals surface area contributed by atoms with E-state index in [1.807, 2.05) is 0 Å². The zero-order valence-electron chi connectivity index (χ0n) is 22.3. The summed E-state index contributed by atoms with van der Waals surface area (Å²) in [5.74, 6) is -2.67. The first-order valence-corrected chi connectivity index (χ1v) is 14.5. The van der Waals surface area contributed by atoms with Gasteiger partial charge >= 0.3 is 0 Å². The number of hydrogen-bond acceptors (Lipinski definition) is 8. The number of likely N-dealkylation sites (N-methyl/N-ethyl adjacent to an activating group) is 1. The highest BCUT2D eigenvalue weighted by atomic mass is 35.5. The van der Waals surface area contributed by atoms with Crippen molar-refractivity contribution in [2.24, 2.45) is 5.92 Å². The van der Waals surface area contributed by atoms with Crippen molar-refractivity contribution in [3.63, 3.8) is 0 Å². The van der Waals surface area contributed by atoms with Gasteiger partial charge in [0.2, 0.25) is 21.8 Å². The molecule has 214 valence electrons. The van der Waals surface area contributed by atoms with E-state index < -0.39 is 50.1 Å². The summed E-state index contributed by atoms with van der Waals surface area (Å²) in [5, 5.41) is 4.69. The molecular formula is C26H31ClN6O6S. The molecule has 2 aliphatic carbocycles. The normalized spacial score (nSPS) is 20.6. The van der Waals surface area contributed by atoms with Gasteiger partial charge in [-0.05, 0) is 31.7 Å². The van der Waals surface area contributed by atoms with E-state index in [1.54, 1.807) is 44.4 Å². The highest BCUT2D eigenvalue weighted by Crippen LogP contribution is 2.45. The number of carbonyl (C=O) groups is 3. The summed E-state index contributed by atoms with van der Waals surface area (Å²) in [6.07, 6.45) is 2.54. The molecule has 1 aromatic heterocycles. The lowest BCUT2D eigenvalue weighted by atomic mass is 10.0. The van der Waals surface area contributed by atoms with E-state index >= 15 is 0 Å². The van der Waals surface area contributed by atoms with E-state index in [0.29, 0.717) is 18.4 Å². The van der Waals surface area contributed by atoms with E-state index in [9.17, 15) is 27.6 Å². The van der Waals surface area contributed by atoms with Gasteiger partial charge in [0.05, 0.1) is 17.5 Å². The second-order valence-electron chi connectivity index (χ2n) is 10.1. The smallest absolute Gasteiger partial charge is 0.294 e. The quantitative estimate of drug-likeness (QED) is 0.326. The Morgan fingerprint density at radius 3 is 2.45 bits per heavy atom. The summed E-state index contributed by atoms with van der Waals surface area (Å²) in [5.41, 5.74) is -1.70. The number of benzene rings is 1. The number of nitrogens with zero attached hydrogens (tertiary/aromatic N) is 3. The Bertz CT molecular complexity index is 1520. The van der Waals surface area contributed by atoms with Crippen LogP contribution in [-0.2, 0) is 24.4 Å². The highest BCUT2D eigenvalue weighted by Gasteiger charge is 2.61. The fourth-order valence-corrected chi connectivity index (χ4v) is 5.93. The van der Waals surface area contributed by atoms with Gasteiger partial charge in [0, 0.05) is 20.0 Å². The Morgan fingerprint density at radius 2 is 1.90 bits per heavy atom. The highest BCUT2D eigenvalue weighted by molar-refractivity contribution is 7.91. The average molecular weight is 591 g/mol. The van der Waals surface area contributed by atoms with Crippen LogP contribution in [0.5, 0.6) is 0 Å². The van der Waals surface area contributed by atoms with Crippen molar-refractivity contribution in [2.45, 2.75) is 43.0 Å². The van der Waals surface area contributed by atoms with Crippen LogP contribution in [0.25, 0.3) is 0 Å². The van der Waals surface area contributed by atoms with Crippen LogP contribution in [0, 0.1) is 12.8 Å². The van der Waals surface area contributed by atoms with Gasteiger partial charge in [0.25, 0.3) is 11.5 Å². The predicted molar refractivity (Wildman–Crippen MR) is 149 cm³/mol. The Kier molecular flexibility index (Phi) is 8.08. The summed E-state index contributed by atoms with van der Waals surface area (Å²) in [6.45, 7) is 4.99. The van der Waals surface area contributed by atoms with E-state index in [0.717, 1.165) is 4.57 Å². The molecule has 2 aliphatic rings. The van der Waals surface area contributed by atoms with Crippen LogP contribution < -0.4 is 20.9 Å². The van der Waals surface area contributed by atoms with Crippen LogP contribution in [-0.4, -0.2) is 72.0 Å². The standard InChI is InChI=1S/C26H31ClN6O6S/c1-5-17-13-26(17,25(37)31-40(38,39)18-11-12-18)30-23(35)20(16-9-7-6-8-10-16)33-15(2)21(27)29-22(24(33)36)28-14-19(34)32(3)4/h5-10,17-18,20H,1,11-14H2,2-4H3,(H,28,29)(H,30,35)(H,31,37)/t17-,20?,26-/m1/s1. The largest absolute Gasteiger partial charge is 0.356 e. The van der Waals surface area contributed by atoms with Crippen molar-refractivity contribution < 1.29 is 22.8 Å². The molecule has 12 nitrogen and oxygen atoms in total. The van der Waals surface area contributed by atoms with Gasteiger partial charge in [0.15, 0.2) is 11.0 Å². The van der Waals surface area contributed by atoms with Crippen LogP contribution in [0.4, 0.5) is 5.82 Å². The molecule has 3 N–H and O–H groups in total. The first kappa shape index (κ1) is 29.3. The fraction of sp³-hybridized carbons (Fsp3) is 0.423. The Hall–Kier alpha value is -3.71. The van der Waals surface area contributed by atoms with Gasteiger partial charge in [-0.1, -0.05) is 48.0 Å². The first-order valence-electron chi connectivity index (χ1n) is 12.6. The summed E-state index contributed by atoms with van der Waals surface area (Å²) in [6, 6.07) is 7.06. The SMILES string of the molecule is C=C[C@@H]1C[C@]1(NC(=O)C(c1ccccc1)n1c(C)c(Cl)nc(NCC(=O)N(C)C)c1=O)C(=O)NS(=O)(=O)C1CC1. The fourth-order valence-electron chi connectivity index (χ4n) is 4.39. The molecule has 2 saturated carbocycles. The van der Waals surface area contributed by atoms with Gasteiger partial charge in [-0.2, -0.15) is 0 Å². The third kappa shape index (κ3) is 5.75. The molecule has 0 radical (unpaired) electrons. The van der Waals surface area contributed by atoms with Crippen molar-refractivity contribution in [1.29, 1.82) is 0 Å². The maximum atomic E-state index is 14.0. The number of rotatable bonds is 11. The molecule has 0 saturated heterocycles. The van der Waals surface area contributed by atoms with E-state index in [-0.39, 0.29) is 35.5 Å². The van der Waals surface area contributed by atoms with E-state index in [1.165, 1.54) is 17.9 Å². The number of carbonyl (C=O) groups excluding carboxylic acids is 3. The maximum Gasteiger partial charge on any atom is 0.294 e. The molecule has 14 heteroatoms. The molecule has 2 aromatic rings. The number of aromatic nitrogens is 2. The first-order chi connectivity index (χ1) is 18.8. The minimum absolute atomic E-state index is 0.0773. The van der Waals surface area contributed by atoms with Crippen molar-refractivity contribution in [3.05, 3.63) is 69.8 Å². The topological polar surface area (TPSA) is 160 Å². The molecule has 0 aliphatic heterocycles. The Labute approximate surface area is 236 Å². The number of amides is 3. The molecule has 0 spiro atoms. The van der Waals surface area contributed by atoms with Crippen molar-refractivity contribution in [3.8, 4) is 0 Å². The maximum absolute atomic E-state index is 14.0. The van der Waals surface area contributed by atoms with Crippen LogP contribution >= 0.6 is 11.6 Å². The molecular weight excluding hydrogens is 560 g/mol. The minimum Gasteiger partial charge on any atom is -0.356 e. The van der Waals surface area contributed by atoms with Gasteiger partial charge in [-0.15, -0.1) is 6.58 Å².